The summed E-state index contributed by atoms with van der Waals surface area (Å²) in [6.07, 6.45) is 0.261. The van der Waals surface area contributed by atoms with Gasteiger partial charge in [0.25, 0.3) is 0 Å². The fourth-order valence-corrected chi connectivity index (χ4v) is 2.69. The number of hydrogen-bond acceptors (Lipinski definition) is 5. The zero-order valence-electron chi connectivity index (χ0n) is 14.9. The molecule has 1 aliphatic heterocycles. The molecule has 1 aromatic rings. The van der Waals surface area contributed by atoms with E-state index in [1.807, 2.05) is 20.8 Å². The Bertz CT molecular complexity index is 620. The first-order valence-corrected chi connectivity index (χ1v) is 7.99. The molecule has 6 nitrogen and oxygen atoms in total. The van der Waals surface area contributed by atoms with E-state index in [2.05, 4.69) is 0 Å². The second-order valence-electron chi connectivity index (χ2n) is 6.85. The summed E-state index contributed by atoms with van der Waals surface area (Å²) in [4.78, 5) is 26.4. The maximum absolute atomic E-state index is 12.7. The van der Waals surface area contributed by atoms with Gasteiger partial charge in [-0.05, 0) is 45.4 Å². The normalized spacial score (nSPS) is 17.5. The molecule has 1 aromatic carbocycles. The molecule has 6 heteroatoms. The quantitative estimate of drug-likeness (QED) is 0.791. The van der Waals surface area contributed by atoms with Gasteiger partial charge in [0.2, 0.25) is 0 Å². The number of Topliss-reactive ketones (excluding diaryl/α,β-unsaturated/α-hetero) is 1. The minimum Gasteiger partial charge on any atom is -0.493 e. The van der Waals surface area contributed by atoms with Gasteiger partial charge in [-0.25, -0.2) is 4.79 Å². The minimum atomic E-state index is -0.539. The lowest BCUT2D eigenvalue weighted by Gasteiger charge is -2.24. The predicted molar refractivity (Wildman–Crippen MR) is 89.8 cm³/mol. The molecule has 0 N–H and O–H groups in total. The highest BCUT2D eigenvalue weighted by atomic mass is 16.6. The summed E-state index contributed by atoms with van der Waals surface area (Å²) in [6.45, 7) is 6.38. The molecule has 2 rings (SSSR count). The predicted octanol–water partition coefficient (Wildman–Crippen LogP) is 3.14. The van der Waals surface area contributed by atoms with Crippen molar-refractivity contribution in [2.75, 3.05) is 27.3 Å². The Morgan fingerprint density at radius 2 is 1.79 bits per heavy atom. The van der Waals surface area contributed by atoms with Gasteiger partial charge >= 0.3 is 6.09 Å². The van der Waals surface area contributed by atoms with Gasteiger partial charge in [-0.2, -0.15) is 0 Å². The highest BCUT2D eigenvalue weighted by Crippen LogP contribution is 2.30. The van der Waals surface area contributed by atoms with Crippen LogP contribution in [0.15, 0.2) is 18.2 Å². The molecule has 1 amide bonds. The fraction of sp³-hybridized carbons (Fsp3) is 0.556. The van der Waals surface area contributed by atoms with E-state index in [4.69, 9.17) is 14.2 Å². The number of hydrogen-bond donors (Lipinski definition) is 0. The molecule has 0 unspecified atom stereocenters. The highest BCUT2D eigenvalue weighted by molar-refractivity contribution is 5.99. The number of methoxy groups -OCH3 is 2. The number of rotatable bonds is 4. The van der Waals surface area contributed by atoms with Crippen LogP contribution in [0.25, 0.3) is 0 Å². The number of ether oxygens (including phenoxy) is 3. The zero-order valence-corrected chi connectivity index (χ0v) is 14.9. The maximum Gasteiger partial charge on any atom is 0.410 e. The van der Waals surface area contributed by atoms with Gasteiger partial charge in [-0.15, -0.1) is 0 Å². The monoisotopic (exact) mass is 335 g/mol. The van der Waals surface area contributed by atoms with Crippen LogP contribution in [0.4, 0.5) is 4.79 Å². The molecular weight excluding hydrogens is 310 g/mol. The smallest absolute Gasteiger partial charge is 0.410 e. The van der Waals surface area contributed by atoms with Crippen molar-refractivity contribution in [1.82, 2.24) is 4.90 Å². The third-order valence-electron chi connectivity index (χ3n) is 3.88. The van der Waals surface area contributed by atoms with E-state index < -0.39 is 5.60 Å². The molecule has 1 heterocycles. The lowest BCUT2D eigenvalue weighted by atomic mass is 9.96. The Morgan fingerprint density at radius 1 is 1.12 bits per heavy atom. The highest BCUT2D eigenvalue weighted by Gasteiger charge is 2.34. The molecule has 0 bridgehead atoms. The van der Waals surface area contributed by atoms with E-state index in [-0.39, 0.29) is 17.8 Å². The van der Waals surface area contributed by atoms with Crippen LogP contribution < -0.4 is 9.47 Å². The Hall–Kier alpha value is -2.24. The van der Waals surface area contributed by atoms with Crippen LogP contribution in [-0.2, 0) is 4.74 Å². The van der Waals surface area contributed by atoms with E-state index in [1.54, 1.807) is 30.2 Å². The third-order valence-corrected chi connectivity index (χ3v) is 3.88. The van der Waals surface area contributed by atoms with Crippen molar-refractivity contribution in [2.45, 2.75) is 32.8 Å². The van der Waals surface area contributed by atoms with Crippen molar-refractivity contribution in [1.29, 1.82) is 0 Å². The van der Waals surface area contributed by atoms with Crippen molar-refractivity contribution < 1.29 is 23.8 Å². The van der Waals surface area contributed by atoms with Crippen molar-refractivity contribution in [3.63, 3.8) is 0 Å². The maximum atomic E-state index is 12.7. The Morgan fingerprint density at radius 3 is 2.38 bits per heavy atom. The summed E-state index contributed by atoms with van der Waals surface area (Å²) >= 11 is 0. The average Bonchev–Trinajstić information content (AvgIpc) is 3.02. The van der Waals surface area contributed by atoms with Gasteiger partial charge in [-0.3, -0.25) is 4.79 Å². The van der Waals surface area contributed by atoms with Crippen molar-refractivity contribution in [2.24, 2.45) is 5.92 Å². The summed E-state index contributed by atoms with van der Waals surface area (Å²) in [7, 11) is 3.08. The molecule has 0 saturated carbocycles. The Balaban J connectivity index is 2.05. The SMILES string of the molecule is COc1ccc(C(=O)[C@@H]2CCN(C(=O)OC(C)(C)C)C2)cc1OC. The second kappa shape index (κ2) is 7.11. The van der Waals surface area contributed by atoms with E-state index in [0.717, 1.165) is 0 Å². The van der Waals surface area contributed by atoms with E-state index >= 15 is 0 Å². The Labute approximate surface area is 142 Å². The van der Waals surface area contributed by atoms with Gasteiger partial charge < -0.3 is 19.1 Å². The Kier molecular flexibility index (Phi) is 5.36. The lowest BCUT2D eigenvalue weighted by molar-refractivity contribution is 0.0289. The van der Waals surface area contributed by atoms with E-state index in [9.17, 15) is 9.59 Å². The minimum absolute atomic E-state index is 0.00186. The summed E-state index contributed by atoms with van der Waals surface area (Å²) in [5.74, 6) is 0.874. The number of likely N-dealkylation sites (tertiary alicyclic amines) is 1. The van der Waals surface area contributed by atoms with Crippen molar-refractivity contribution >= 4 is 11.9 Å². The summed E-state index contributed by atoms with van der Waals surface area (Å²) in [6, 6.07) is 5.11. The van der Waals surface area contributed by atoms with Gasteiger partial charge in [-0.1, -0.05) is 0 Å². The van der Waals surface area contributed by atoms with Gasteiger partial charge in [0, 0.05) is 24.6 Å². The summed E-state index contributed by atoms with van der Waals surface area (Å²) in [5, 5.41) is 0. The molecule has 24 heavy (non-hydrogen) atoms. The van der Waals surface area contributed by atoms with Crippen LogP contribution in [0.3, 0.4) is 0 Å². The molecule has 0 aliphatic carbocycles. The molecule has 0 aromatic heterocycles. The number of benzene rings is 1. The molecule has 132 valence electrons. The van der Waals surface area contributed by atoms with E-state index in [1.165, 1.54) is 7.11 Å². The molecule has 1 fully saturated rings. The van der Waals surface area contributed by atoms with Crippen LogP contribution in [0.5, 0.6) is 11.5 Å². The lowest BCUT2D eigenvalue weighted by Crippen LogP contribution is -2.35. The largest absolute Gasteiger partial charge is 0.493 e. The first kappa shape index (κ1) is 18.1. The first-order valence-electron chi connectivity index (χ1n) is 7.99. The standard InChI is InChI=1S/C18H25NO5/c1-18(2,3)24-17(21)19-9-8-13(11-19)16(20)12-6-7-14(22-4)15(10-12)23-5/h6-7,10,13H,8-9,11H2,1-5H3/t13-/m1/s1. The number of carbonyl (C=O) groups is 2. The summed E-state index contributed by atoms with van der Waals surface area (Å²) < 4.78 is 15.8. The molecule has 1 atom stereocenters. The average molecular weight is 335 g/mol. The van der Waals surface area contributed by atoms with Crippen LogP contribution >= 0.6 is 0 Å². The first-order chi connectivity index (χ1) is 11.2. The van der Waals surface area contributed by atoms with Crippen molar-refractivity contribution in [3.8, 4) is 11.5 Å². The molecular formula is C18H25NO5. The molecule has 1 saturated heterocycles. The second-order valence-corrected chi connectivity index (χ2v) is 6.85. The van der Waals surface area contributed by atoms with Gasteiger partial charge in [0.1, 0.15) is 5.60 Å². The van der Waals surface area contributed by atoms with Gasteiger partial charge in [0.05, 0.1) is 14.2 Å². The number of ketones is 1. The number of nitrogens with zero attached hydrogens (tertiary/aromatic N) is 1. The topological polar surface area (TPSA) is 65.1 Å². The molecule has 1 aliphatic rings. The van der Waals surface area contributed by atoms with E-state index in [0.29, 0.717) is 36.6 Å². The van der Waals surface area contributed by atoms with Crippen LogP contribution in [0.2, 0.25) is 0 Å². The van der Waals surface area contributed by atoms with Gasteiger partial charge in [0.15, 0.2) is 17.3 Å². The summed E-state index contributed by atoms with van der Waals surface area (Å²) in [5.41, 5.74) is 0.0198. The van der Waals surface area contributed by atoms with Crippen LogP contribution in [0.1, 0.15) is 37.6 Å². The fourth-order valence-electron chi connectivity index (χ4n) is 2.69. The van der Waals surface area contributed by atoms with Crippen LogP contribution in [-0.4, -0.2) is 49.7 Å². The zero-order chi connectivity index (χ0) is 17.9. The number of amides is 1. The van der Waals surface area contributed by atoms with Crippen molar-refractivity contribution in [3.05, 3.63) is 23.8 Å². The molecule has 0 radical (unpaired) electrons. The number of carbonyl (C=O) groups excluding carboxylic acids is 2. The van der Waals surface area contributed by atoms with Crippen LogP contribution in [0, 0.1) is 5.92 Å². The molecule has 0 spiro atoms. The third kappa shape index (κ3) is 4.19.